The minimum absolute atomic E-state index is 0.0387. The minimum atomic E-state index is -4.95. The van der Waals surface area contributed by atoms with Gasteiger partial charge in [-0.15, -0.1) is 0 Å². The molecule has 0 radical (unpaired) electrons. The molecule has 3 aliphatic rings. The Kier molecular flexibility index (Phi) is 7.29. The zero-order chi connectivity index (χ0) is 31.3. The maximum absolute atomic E-state index is 14.4. The first kappa shape index (κ1) is 29.8. The number of anilines is 1. The normalized spacial score (nSPS) is 20.7. The minimum Gasteiger partial charge on any atom is -0.509 e. The number of carbonyl (C=O) groups is 2. The zero-order valence-corrected chi connectivity index (χ0v) is 22.1. The van der Waals surface area contributed by atoms with Crippen molar-refractivity contribution in [1.29, 1.82) is 0 Å². The molecule has 8 nitrogen and oxygen atoms in total. The summed E-state index contributed by atoms with van der Waals surface area (Å²) in [5.41, 5.74) is -1.57. The summed E-state index contributed by atoms with van der Waals surface area (Å²) in [6.07, 6.45) is -5.82. The van der Waals surface area contributed by atoms with Crippen LogP contribution in [0.15, 0.2) is 76.9 Å². The van der Waals surface area contributed by atoms with Gasteiger partial charge in [0.25, 0.3) is 11.8 Å². The molecule has 1 unspecified atom stereocenters. The van der Waals surface area contributed by atoms with Crippen LogP contribution in [0, 0.1) is 0 Å². The molecule has 15 heteroatoms. The fraction of sp³-hybridized carbons (Fsp3) is 0.286. The van der Waals surface area contributed by atoms with E-state index in [4.69, 9.17) is 0 Å². The van der Waals surface area contributed by atoms with Gasteiger partial charge in [0.05, 0.1) is 29.0 Å². The van der Waals surface area contributed by atoms with Gasteiger partial charge in [0, 0.05) is 17.7 Å². The number of nitrogens with zero attached hydrogens (tertiary/aromatic N) is 4. The lowest BCUT2D eigenvalue weighted by atomic mass is 9.90. The summed E-state index contributed by atoms with van der Waals surface area (Å²) in [6, 6.07) is 2.28. The smallest absolute Gasteiger partial charge is 0.433 e. The van der Waals surface area contributed by atoms with Crippen molar-refractivity contribution in [2.45, 2.75) is 37.7 Å². The van der Waals surface area contributed by atoms with Crippen molar-refractivity contribution in [3.8, 4) is 11.3 Å². The molecule has 5 rings (SSSR count). The first-order chi connectivity index (χ1) is 20.1. The molecule has 2 amide bonds. The van der Waals surface area contributed by atoms with Crippen molar-refractivity contribution >= 4 is 17.5 Å². The summed E-state index contributed by atoms with van der Waals surface area (Å²) >= 11 is 0. The molecule has 1 aromatic carbocycles. The van der Waals surface area contributed by atoms with E-state index in [2.05, 4.69) is 26.7 Å². The predicted molar refractivity (Wildman–Crippen MR) is 136 cm³/mol. The van der Waals surface area contributed by atoms with Crippen LogP contribution in [0.25, 0.3) is 11.3 Å². The molecule has 3 heterocycles. The summed E-state index contributed by atoms with van der Waals surface area (Å²) in [5, 5.41) is 16.0. The number of benzene rings is 1. The molecule has 1 aliphatic carbocycles. The number of hydrazine groups is 1. The third-order valence-electron chi connectivity index (χ3n) is 7.30. The second kappa shape index (κ2) is 10.5. The number of rotatable bonds is 5. The third kappa shape index (κ3) is 5.45. The van der Waals surface area contributed by atoms with Gasteiger partial charge in [-0.05, 0) is 61.9 Å². The van der Waals surface area contributed by atoms with Gasteiger partial charge in [0.1, 0.15) is 23.4 Å². The number of carbonyl (C=O) groups excluding carboxylic acids is 2. The number of fused-ring (bicyclic) bond motifs is 1. The highest BCUT2D eigenvalue weighted by molar-refractivity contribution is 6.24. The maximum atomic E-state index is 14.4. The number of allylic oxidation sites excluding steroid dienone is 2. The first-order valence-corrected chi connectivity index (χ1v) is 12.6. The molecule has 0 spiro atoms. The Morgan fingerprint density at radius 2 is 1.88 bits per heavy atom. The number of aliphatic hydroxyl groups is 1. The van der Waals surface area contributed by atoms with E-state index >= 15 is 0 Å². The Balaban J connectivity index is 1.56. The number of nitrogens with one attached hydrogen (secondary N) is 1. The topological polar surface area (TPSA) is 98.7 Å². The lowest BCUT2D eigenvalue weighted by Gasteiger charge is -2.46. The van der Waals surface area contributed by atoms with Crippen molar-refractivity contribution < 1.29 is 45.4 Å². The monoisotopic (exact) mass is 607 g/mol. The van der Waals surface area contributed by atoms with Gasteiger partial charge in [0.2, 0.25) is 0 Å². The average molecular weight is 607 g/mol. The molecule has 0 bridgehead atoms. The quantitative estimate of drug-likeness (QED) is 0.259. The molecule has 1 fully saturated rings. The number of hydrogen-bond acceptors (Lipinski definition) is 6. The number of alkyl halides is 6. The average Bonchev–Trinajstić information content (AvgIpc) is 3.34. The first-order valence-electron chi connectivity index (χ1n) is 12.6. The standard InChI is InChI=1S/C28H20F7N5O3/c1-26-9-4-10-40(26)39(13-15-5-2-3-6-18(15)29)25(43)22(23(26)41)24(42)38-19-8-7-16(27(30,31)32)11-17(19)20-12-21(28(33,34)35)37-14-36-20/h2,5,7-8,11-12,14,41H,4,9-10,13H2,1H3,(H,38,42). The molecule has 43 heavy (non-hydrogen) atoms. The lowest BCUT2D eigenvalue weighted by Crippen LogP contribution is -2.61. The molecular weight excluding hydrogens is 587 g/mol. The van der Waals surface area contributed by atoms with Gasteiger partial charge in [-0.1, -0.05) is 5.73 Å². The van der Waals surface area contributed by atoms with Crippen LogP contribution in [0.2, 0.25) is 0 Å². The molecule has 2 aromatic rings. The van der Waals surface area contributed by atoms with Gasteiger partial charge in [-0.25, -0.2) is 15.0 Å². The van der Waals surface area contributed by atoms with E-state index in [1.807, 2.05) is 0 Å². The van der Waals surface area contributed by atoms with Crippen molar-refractivity contribution in [3.05, 3.63) is 88.2 Å². The largest absolute Gasteiger partial charge is 0.509 e. The van der Waals surface area contributed by atoms with Crippen molar-refractivity contribution in [1.82, 2.24) is 20.0 Å². The summed E-state index contributed by atoms with van der Waals surface area (Å²) in [7, 11) is 0. The second-order valence-corrected chi connectivity index (χ2v) is 10.0. The van der Waals surface area contributed by atoms with Crippen LogP contribution in [-0.4, -0.2) is 55.5 Å². The van der Waals surface area contributed by atoms with Crippen molar-refractivity contribution in [3.63, 3.8) is 0 Å². The fourth-order valence-corrected chi connectivity index (χ4v) is 5.12. The SMILES string of the molecule is CC12CCCN1N(CC1=CC=C=C=C1F)C(=O)C(C(=O)Nc1ccc(C(F)(F)F)cc1-c1cc(C(F)(F)F)ncn1)=C2O. The van der Waals surface area contributed by atoms with E-state index in [0.29, 0.717) is 37.4 Å². The van der Waals surface area contributed by atoms with E-state index in [0.717, 1.165) is 11.1 Å². The Labute approximate surface area is 238 Å². The van der Waals surface area contributed by atoms with E-state index in [9.17, 15) is 45.4 Å². The van der Waals surface area contributed by atoms with Gasteiger partial charge in [-0.2, -0.15) is 30.7 Å². The van der Waals surface area contributed by atoms with E-state index < -0.39 is 75.1 Å². The van der Waals surface area contributed by atoms with Crippen LogP contribution >= 0.6 is 0 Å². The third-order valence-corrected chi connectivity index (χ3v) is 7.30. The van der Waals surface area contributed by atoms with Gasteiger partial charge in [-0.3, -0.25) is 14.6 Å². The summed E-state index contributed by atoms with van der Waals surface area (Å²) in [6.45, 7) is 1.50. The van der Waals surface area contributed by atoms with Gasteiger partial charge >= 0.3 is 12.4 Å². The van der Waals surface area contributed by atoms with E-state index in [-0.39, 0.29) is 18.7 Å². The Hall–Kier alpha value is -4.71. The number of amides is 2. The van der Waals surface area contributed by atoms with Crippen molar-refractivity contribution in [2.24, 2.45) is 0 Å². The molecule has 1 aromatic heterocycles. The fourth-order valence-electron chi connectivity index (χ4n) is 5.12. The summed E-state index contributed by atoms with van der Waals surface area (Å²) in [5.74, 6) is -3.69. The second-order valence-electron chi connectivity index (χ2n) is 10.0. The van der Waals surface area contributed by atoms with Crippen molar-refractivity contribution in [2.75, 3.05) is 18.4 Å². The Morgan fingerprint density at radius 1 is 1.14 bits per heavy atom. The molecule has 0 saturated carbocycles. The molecule has 1 saturated heterocycles. The van der Waals surface area contributed by atoms with E-state index in [1.165, 1.54) is 17.2 Å². The number of aromatic nitrogens is 2. The highest BCUT2D eigenvalue weighted by Gasteiger charge is 2.53. The Morgan fingerprint density at radius 3 is 2.56 bits per heavy atom. The number of aliphatic hydroxyl groups excluding tert-OH is 1. The lowest BCUT2D eigenvalue weighted by molar-refractivity contribution is -0.157. The summed E-state index contributed by atoms with van der Waals surface area (Å²) < 4.78 is 94.9. The van der Waals surface area contributed by atoms with Gasteiger partial charge < -0.3 is 10.4 Å². The number of hydrogen-bond donors (Lipinski definition) is 2. The van der Waals surface area contributed by atoms with Crippen LogP contribution in [0.5, 0.6) is 0 Å². The highest BCUT2D eigenvalue weighted by atomic mass is 19.4. The van der Waals surface area contributed by atoms with Gasteiger partial charge in [0.15, 0.2) is 5.83 Å². The van der Waals surface area contributed by atoms with Crippen LogP contribution in [0.4, 0.5) is 36.4 Å². The summed E-state index contributed by atoms with van der Waals surface area (Å²) in [4.78, 5) is 34.0. The molecular formula is C28H20F7N5O3. The maximum Gasteiger partial charge on any atom is 0.433 e. The zero-order valence-electron chi connectivity index (χ0n) is 22.1. The molecule has 2 aliphatic heterocycles. The van der Waals surface area contributed by atoms with Crippen LogP contribution in [-0.2, 0) is 21.9 Å². The van der Waals surface area contributed by atoms with Crippen LogP contribution in [0.1, 0.15) is 31.0 Å². The highest BCUT2D eigenvalue weighted by Crippen LogP contribution is 2.42. The molecule has 224 valence electrons. The molecule has 1 atom stereocenters. The molecule has 2 N–H and O–H groups in total. The van der Waals surface area contributed by atoms with Crippen LogP contribution in [0.3, 0.4) is 0 Å². The van der Waals surface area contributed by atoms with Crippen LogP contribution < -0.4 is 5.32 Å². The predicted octanol–water partition coefficient (Wildman–Crippen LogP) is 5.65. The van der Waals surface area contributed by atoms with E-state index in [1.54, 1.807) is 6.92 Å². The number of halogens is 7. The Bertz CT molecular complexity index is 1700.